The van der Waals surface area contributed by atoms with Crippen LogP contribution in [0.1, 0.15) is 20.7 Å². The second kappa shape index (κ2) is 6.41. The summed E-state index contributed by atoms with van der Waals surface area (Å²) < 4.78 is 5.46. The number of carbonyl (C=O) groups is 2. The van der Waals surface area contributed by atoms with Crippen LogP contribution in [0, 0.1) is 0 Å². The van der Waals surface area contributed by atoms with Crippen LogP contribution in [0.4, 0.5) is 0 Å². The van der Waals surface area contributed by atoms with Gasteiger partial charge in [-0.3, -0.25) is 4.79 Å². The Hall–Kier alpha value is -2.36. The molecular formula is C18H10Cl2O3. The summed E-state index contributed by atoms with van der Waals surface area (Å²) in [5.74, 6) is -0.430. The molecule has 0 aliphatic rings. The summed E-state index contributed by atoms with van der Waals surface area (Å²) in [4.78, 5) is 23.7. The average molecular weight is 345 g/mol. The van der Waals surface area contributed by atoms with Gasteiger partial charge in [0.05, 0.1) is 16.1 Å². The van der Waals surface area contributed by atoms with Gasteiger partial charge in [-0.25, -0.2) is 4.79 Å². The number of aldehydes is 1. The van der Waals surface area contributed by atoms with E-state index >= 15 is 0 Å². The van der Waals surface area contributed by atoms with Crippen LogP contribution in [-0.4, -0.2) is 12.3 Å². The molecule has 0 saturated carbocycles. The lowest BCUT2D eigenvalue weighted by molar-refractivity contribution is 0.0736. The highest BCUT2D eigenvalue weighted by molar-refractivity contribution is 6.36. The van der Waals surface area contributed by atoms with Gasteiger partial charge in [0, 0.05) is 10.4 Å². The molecule has 3 aromatic carbocycles. The van der Waals surface area contributed by atoms with E-state index in [4.69, 9.17) is 27.9 Å². The van der Waals surface area contributed by atoms with Gasteiger partial charge in [-0.2, -0.15) is 0 Å². The second-order valence-corrected chi connectivity index (χ2v) is 5.68. The Morgan fingerprint density at radius 1 is 1.00 bits per heavy atom. The van der Waals surface area contributed by atoms with E-state index in [2.05, 4.69) is 0 Å². The molecule has 114 valence electrons. The van der Waals surface area contributed by atoms with Gasteiger partial charge in [0.1, 0.15) is 5.75 Å². The Balaban J connectivity index is 2.06. The maximum atomic E-state index is 12.4. The second-order valence-electron chi connectivity index (χ2n) is 4.84. The molecule has 3 nitrogen and oxygen atoms in total. The van der Waals surface area contributed by atoms with Crippen LogP contribution < -0.4 is 4.74 Å². The maximum absolute atomic E-state index is 12.4. The zero-order valence-electron chi connectivity index (χ0n) is 11.8. The quantitative estimate of drug-likeness (QED) is 0.373. The molecule has 0 amide bonds. The lowest BCUT2D eigenvalue weighted by Crippen LogP contribution is -2.10. The van der Waals surface area contributed by atoms with E-state index in [-0.39, 0.29) is 16.3 Å². The first-order valence-corrected chi connectivity index (χ1v) is 7.50. The van der Waals surface area contributed by atoms with Crippen LogP contribution in [0.25, 0.3) is 10.8 Å². The molecule has 0 N–H and O–H groups in total. The molecule has 0 aromatic heterocycles. The monoisotopic (exact) mass is 344 g/mol. The van der Waals surface area contributed by atoms with Crippen LogP contribution in [0.15, 0.2) is 54.6 Å². The molecule has 0 unspecified atom stereocenters. The SMILES string of the molecule is O=Cc1ccc2ccccc2c1OC(=O)c1ccc(Cl)cc1Cl. The van der Waals surface area contributed by atoms with E-state index in [9.17, 15) is 9.59 Å². The summed E-state index contributed by atoms with van der Waals surface area (Å²) in [6.07, 6.45) is 0.651. The molecule has 0 radical (unpaired) electrons. The van der Waals surface area contributed by atoms with Crippen molar-refractivity contribution in [3.8, 4) is 5.75 Å². The first-order valence-electron chi connectivity index (χ1n) is 6.74. The van der Waals surface area contributed by atoms with Crippen molar-refractivity contribution in [2.45, 2.75) is 0 Å². The van der Waals surface area contributed by atoms with E-state index in [0.717, 1.165) is 5.39 Å². The van der Waals surface area contributed by atoms with Gasteiger partial charge in [0.15, 0.2) is 6.29 Å². The normalized spacial score (nSPS) is 10.5. The lowest BCUT2D eigenvalue weighted by atomic mass is 10.1. The van der Waals surface area contributed by atoms with Crippen molar-refractivity contribution in [1.82, 2.24) is 0 Å². The molecule has 0 atom stereocenters. The van der Waals surface area contributed by atoms with Crippen LogP contribution in [-0.2, 0) is 0 Å². The fourth-order valence-corrected chi connectivity index (χ4v) is 2.75. The number of ether oxygens (including phenoxy) is 1. The van der Waals surface area contributed by atoms with Gasteiger partial charge in [-0.1, -0.05) is 53.5 Å². The predicted octanol–water partition coefficient (Wildman–Crippen LogP) is 5.18. The van der Waals surface area contributed by atoms with E-state index < -0.39 is 5.97 Å². The van der Waals surface area contributed by atoms with E-state index in [1.807, 2.05) is 18.2 Å². The van der Waals surface area contributed by atoms with E-state index in [1.165, 1.54) is 12.1 Å². The number of benzene rings is 3. The molecule has 0 heterocycles. The Kier molecular flexibility index (Phi) is 4.33. The maximum Gasteiger partial charge on any atom is 0.345 e. The standard InChI is InChI=1S/C18H10Cl2O3/c19-13-7-8-15(16(20)9-13)18(22)23-17-12(10-21)6-5-11-3-1-2-4-14(11)17/h1-10H. The topological polar surface area (TPSA) is 43.4 Å². The van der Waals surface area contributed by atoms with E-state index in [0.29, 0.717) is 22.3 Å². The van der Waals surface area contributed by atoms with Crippen LogP contribution in [0.2, 0.25) is 10.0 Å². The van der Waals surface area contributed by atoms with Crippen molar-refractivity contribution in [1.29, 1.82) is 0 Å². The molecule has 0 aliphatic heterocycles. The largest absolute Gasteiger partial charge is 0.421 e. The summed E-state index contributed by atoms with van der Waals surface area (Å²) in [6.45, 7) is 0. The number of halogens is 2. The van der Waals surface area contributed by atoms with Crippen LogP contribution in [0.3, 0.4) is 0 Å². The van der Waals surface area contributed by atoms with Crippen molar-refractivity contribution in [3.63, 3.8) is 0 Å². The Labute approximate surface area is 142 Å². The minimum Gasteiger partial charge on any atom is -0.421 e. The molecule has 23 heavy (non-hydrogen) atoms. The zero-order valence-corrected chi connectivity index (χ0v) is 13.3. The van der Waals surface area contributed by atoms with Crippen molar-refractivity contribution in [2.75, 3.05) is 0 Å². The summed E-state index contributed by atoms with van der Waals surface area (Å²) in [5.41, 5.74) is 0.475. The molecule has 0 aliphatic carbocycles. The molecule has 0 spiro atoms. The number of hydrogen-bond donors (Lipinski definition) is 0. The van der Waals surface area contributed by atoms with E-state index in [1.54, 1.807) is 24.3 Å². The van der Waals surface area contributed by atoms with Gasteiger partial charge >= 0.3 is 5.97 Å². The third-order valence-corrected chi connectivity index (χ3v) is 3.93. The van der Waals surface area contributed by atoms with Crippen LogP contribution >= 0.6 is 23.2 Å². The number of carbonyl (C=O) groups excluding carboxylic acids is 2. The smallest absolute Gasteiger partial charge is 0.345 e. The van der Waals surface area contributed by atoms with Gasteiger partial charge in [0.25, 0.3) is 0 Å². The fourth-order valence-electron chi connectivity index (χ4n) is 2.27. The van der Waals surface area contributed by atoms with Gasteiger partial charge in [-0.05, 0) is 29.7 Å². The zero-order chi connectivity index (χ0) is 16.4. The van der Waals surface area contributed by atoms with Gasteiger partial charge in [0.2, 0.25) is 0 Å². The number of fused-ring (bicyclic) bond motifs is 1. The first kappa shape index (κ1) is 15.5. The highest BCUT2D eigenvalue weighted by atomic mass is 35.5. The molecule has 3 rings (SSSR count). The highest BCUT2D eigenvalue weighted by Crippen LogP contribution is 2.30. The third-order valence-electron chi connectivity index (χ3n) is 3.38. The van der Waals surface area contributed by atoms with Gasteiger partial charge in [-0.15, -0.1) is 0 Å². The van der Waals surface area contributed by atoms with Crippen molar-refractivity contribution in [2.24, 2.45) is 0 Å². The summed E-state index contributed by atoms with van der Waals surface area (Å²) >= 11 is 11.9. The molecule has 3 aromatic rings. The summed E-state index contributed by atoms with van der Waals surface area (Å²) in [6, 6.07) is 15.2. The Morgan fingerprint density at radius 3 is 2.52 bits per heavy atom. The molecule has 0 saturated heterocycles. The minimum absolute atomic E-state index is 0.181. The van der Waals surface area contributed by atoms with Crippen molar-refractivity contribution >= 4 is 46.2 Å². The lowest BCUT2D eigenvalue weighted by Gasteiger charge is -2.11. The Morgan fingerprint density at radius 2 is 1.78 bits per heavy atom. The average Bonchev–Trinajstić information content (AvgIpc) is 2.55. The third kappa shape index (κ3) is 3.07. The number of hydrogen-bond acceptors (Lipinski definition) is 3. The summed E-state index contributed by atoms with van der Waals surface area (Å²) in [5, 5.41) is 2.15. The van der Waals surface area contributed by atoms with Crippen molar-refractivity contribution in [3.05, 3.63) is 75.8 Å². The molecule has 0 fully saturated rings. The van der Waals surface area contributed by atoms with Crippen molar-refractivity contribution < 1.29 is 14.3 Å². The Bertz CT molecular complexity index is 919. The fraction of sp³-hybridized carbons (Fsp3) is 0. The van der Waals surface area contributed by atoms with Gasteiger partial charge < -0.3 is 4.74 Å². The van der Waals surface area contributed by atoms with Crippen LogP contribution in [0.5, 0.6) is 5.75 Å². The minimum atomic E-state index is -0.647. The molecular weight excluding hydrogens is 335 g/mol. The predicted molar refractivity (Wildman–Crippen MR) is 90.8 cm³/mol. The molecule has 0 bridgehead atoms. The highest BCUT2D eigenvalue weighted by Gasteiger charge is 2.17. The number of esters is 1. The number of rotatable bonds is 3. The first-order chi connectivity index (χ1) is 11.1. The summed E-state index contributed by atoms with van der Waals surface area (Å²) in [7, 11) is 0. The molecule has 5 heteroatoms.